The Labute approximate surface area is 192 Å². The van der Waals surface area contributed by atoms with Crippen molar-refractivity contribution in [1.82, 2.24) is 10.2 Å². The van der Waals surface area contributed by atoms with Gasteiger partial charge in [-0.2, -0.15) is 0 Å². The number of carbonyl (C=O) groups is 2. The van der Waals surface area contributed by atoms with Crippen LogP contribution in [0.15, 0.2) is 42.5 Å². The summed E-state index contributed by atoms with van der Waals surface area (Å²) in [7, 11) is 0. The topological polar surface area (TPSA) is 84.7 Å². The monoisotopic (exact) mass is 485 g/mol. The number of ether oxygens (including phenoxy) is 1. The Morgan fingerprint density at radius 3 is 2.56 bits per heavy atom. The summed E-state index contributed by atoms with van der Waals surface area (Å²) < 4.78 is 68.3. The van der Waals surface area contributed by atoms with E-state index in [0.717, 1.165) is 30.3 Å². The van der Waals surface area contributed by atoms with Crippen LogP contribution < -0.4 is 15.8 Å². The van der Waals surface area contributed by atoms with Gasteiger partial charge >= 0.3 is 6.36 Å². The quantitative estimate of drug-likeness (QED) is 0.591. The van der Waals surface area contributed by atoms with Crippen LogP contribution in [0.3, 0.4) is 0 Å². The van der Waals surface area contributed by atoms with E-state index in [0.29, 0.717) is 18.5 Å². The van der Waals surface area contributed by atoms with Crippen molar-refractivity contribution in [3.8, 4) is 5.75 Å². The van der Waals surface area contributed by atoms with E-state index in [9.17, 15) is 31.5 Å². The average Bonchev–Trinajstić information content (AvgIpc) is 2.92. The Hall–Kier alpha value is -3.21. The zero-order chi connectivity index (χ0) is 24.9. The minimum Gasteiger partial charge on any atom is -0.406 e. The molecule has 3 N–H and O–H groups in total. The van der Waals surface area contributed by atoms with Gasteiger partial charge in [-0.05, 0) is 54.3 Å². The number of halogens is 5. The van der Waals surface area contributed by atoms with Crippen molar-refractivity contribution in [2.45, 2.75) is 44.1 Å². The van der Waals surface area contributed by atoms with Gasteiger partial charge in [0.05, 0.1) is 0 Å². The minimum absolute atomic E-state index is 0.0478. The molecule has 0 saturated carbocycles. The molecule has 184 valence electrons. The highest BCUT2D eigenvalue weighted by atomic mass is 19.4. The molecule has 0 bridgehead atoms. The normalized spacial score (nSPS) is 17.6. The van der Waals surface area contributed by atoms with Crippen LogP contribution in [0.2, 0.25) is 0 Å². The number of hydrogen-bond donors (Lipinski definition) is 2. The fourth-order valence-electron chi connectivity index (χ4n) is 3.82. The first-order chi connectivity index (χ1) is 16.0. The predicted molar refractivity (Wildman–Crippen MR) is 113 cm³/mol. The third kappa shape index (κ3) is 7.14. The summed E-state index contributed by atoms with van der Waals surface area (Å²) in [5.41, 5.74) is 6.60. The van der Waals surface area contributed by atoms with Gasteiger partial charge in [0.2, 0.25) is 11.8 Å². The number of hydrogen-bond acceptors (Lipinski definition) is 4. The van der Waals surface area contributed by atoms with Crippen molar-refractivity contribution in [1.29, 1.82) is 0 Å². The maximum absolute atomic E-state index is 13.9. The Bertz CT molecular complexity index is 1010. The van der Waals surface area contributed by atoms with E-state index in [-0.39, 0.29) is 31.4 Å². The summed E-state index contributed by atoms with van der Waals surface area (Å²) in [6.45, 7) is 0.622. The molecule has 1 aliphatic rings. The molecule has 3 rings (SSSR count). The highest BCUT2D eigenvalue weighted by Gasteiger charge is 2.33. The van der Waals surface area contributed by atoms with Gasteiger partial charge in [-0.3, -0.25) is 9.59 Å². The summed E-state index contributed by atoms with van der Waals surface area (Å²) in [6.07, 6.45) is -4.52. The SMILES string of the molecule is N[C@@H](CC(=O)N1CCCNC(=O)C1Cc1ccc(OC(F)(F)F)cc1)Cc1cc(F)ccc1F. The van der Waals surface area contributed by atoms with E-state index in [2.05, 4.69) is 10.1 Å². The number of nitrogens with zero attached hydrogens (tertiary/aromatic N) is 1. The molecule has 0 aliphatic carbocycles. The molecule has 6 nitrogen and oxygen atoms in total. The molecule has 1 unspecified atom stereocenters. The van der Waals surface area contributed by atoms with Crippen LogP contribution in [-0.4, -0.2) is 48.2 Å². The van der Waals surface area contributed by atoms with Gasteiger partial charge in [0.25, 0.3) is 0 Å². The highest BCUT2D eigenvalue weighted by molar-refractivity contribution is 5.88. The van der Waals surface area contributed by atoms with Crippen LogP contribution in [0.1, 0.15) is 24.0 Å². The second-order valence-corrected chi connectivity index (χ2v) is 8.05. The zero-order valence-corrected chi connectivity index (χ0v) is 18.1. The Morgan fingerprint density at radius 1 is 1.18 bits per heavy atom. The molecule has 2 aromatic rings. The molecule has 2 amide bonds. The average molecular weight is 485 g/mol. The van der Waals surface area contributed by atoms with Crippen molar-refractivity contribution in [3.63, 3.8) is 0 Å². The molecule has 34 heavy (non-hydrogen) atoms. The molecule has 1 heterocycles. The number of benzene rings is 2. The molecule has 0 spiro atoms. The van der Waals surface area contributed by atoms with E-state index in [1.807, 2.05) is 0 Å². The molecule has 2 atom stereocenters. The molecule has 2 aromatic carbocycles. The van der Waals surface area contributed by atoms with E-state index < -0.39 is 47.6 Å². The zero-order valence-electron chi connectivity index (χ0n) is 18.1. The fourth-order valence-corrected chi connectivity index (χ4v) is 3.82. The largest absolute Gasteiger partial charge is 0.573 e. The minimum atomic E-state index is -4.82. The smallest absolute Gasteiger partial charge is 0.406 e. The standard InChI is InChI=1S/C23H24F5N3O3/c24-16-4-7-19(25)15(11-16)12-17(29)13-21(32)31-9-1-8-30-22(33)20(31)10-14-2-5-18(6-3-14)34-23(26,27)28/h2-7,11,17,20H,1,8-10,12-13,29H2,(H,30,33)/t17-,20?/m1/s1. The summed E-state index contributed by atoms with van der Waals surface area (Å²) in [5.74, 6) is -2.47. The number of nitrogens with two attached hydrogens (primary N) is 1. The van der Waals surface area contributed by atoms with E-state index in [1.165, 1.54) is 17.0 Å². The number of nitrogens with one attached hydrogen (secondary N) is 1. The molecule has 0 radical (unpaired) electrons. The van der Waals surface area contributed by atoms with Crippen molar-refractivity contribution >= 4 is 11.8 Å². The fraction of sp³-hybridized carbons (Fsp3) is 0.391. The third-order valence-electron chi connectivity index (χ3n) is 5.39. The van der Waals surface area contributed by atoms with Gasteiger partial charge in [0.1, 0.15) is 23.4 Å². The predicted octanol–water partition coefficient (Wildman–Crippen LogP) is 3.08. The number of alkyl halides is 3. The lowest BCUT2D eigenvalue weighted by Gasteiger charge is -2.29. The van der Waals surface area contributed by atoms with Gasteiger partial charge in [-0.25, -0.2) is 8.78 Å². The van der Waals surface area contributed by atoms with Crippen molar-refractivity contribution in [2.75, 3.05) is 13.1 Å². The van der Waals surface area contributed by atoms with Crippen LogP contribution in [0, 0.1) is 11.6 Å². The molecule has 0 aromatic heterocycles. The van der Waals surface area contributed by atoms with Gasteiger partial charge < -0.3 is 20.7 Å². The summed E-state index contributed by atoms with van der Waals surface area (Å²) >= 11 is 0. The van der Waals surface area contributed by atoms with Crippen LogP contribution in [0.5, 0.6) is 5.75 Å². The van der Waals surface area contributed by atoms with Crippen molar-refractivity contribution < 1.29 is 36.3 Å². The first-order valence-electron chi connectivity index (χ1n) is 10.6. The van der Waals surface area contributed by atoms with Crippen LogP contribution in [0.4, 0.5) is 22.0 Å². The molecule has 1 fully saturated rings. The molecule has 1 saturated heterocycles. The first-order valence-corrected chi connectivity index (χ1v) is 10.6. The van der Waals surface area contributed by atoms with Crippen molar-refractivity contribution in [3.05, 3.63) is 65.2 Å². The van der Waals surface area contributed by atoms with Gasteiger partial charge in [-0.15, -0.1) is 13.2 Å². The van der Waals surface area contributed by atoms with E-state index in [1.54, 1.807) is 0 Å². The number of amides is 2. The number of carbonyl (C=O) groups excluding carboxylic acids is 2. The summed E-state index contributed by atoms with van der Waals surface area (Å²) in [6, 6.07) is 6.32. The van der Waals surface area contributed by atoms with Crippen LogP contribution in [0.25, 0.3) is 0 Å². The summed E-state index contributed by atoms with van der Waals surface area (Å²) in [5, 5.41) is 2.72. The lowest BCUT2D eigenvalue weighted by Crippen LogP contribution is -2.49. The maximum Gasteiger partial charge on any atom is 0.573 e. The highest BCUT2D eigenvalue weighted by Crippen LogP contribution is 2.24. The molecule has 1 aliphatic heterocycles. The summed E-state index contributed by atoms with van der Waals surface area (Å²) in [4.78, 5) is 27.0. The molecule has 11 heteroatoms. The Morgan fingerprint density at radius 2 is 1.88 bits per heavy atom. The van der Waals surface area contributed by atoms with E-state index >= 15 is 0 Å². The molecular weight excluding hydrogens is 461 g/mol. The second-order valence-electron chi connectivity index (χ2n) is 8.05. The van der Waals surface area contributed by atoms with Gasteiger partial charge in [0, 0.05) is 32.0 Å². The maximum atomic E-state index is 13.9. The lowest BCUT2D eigenvalue weighted by molar-refractivity contribution is -0.274. The van der Waals surface area contributed by atoms with Crippen LogP contribution >= 0.6 is 0 Å². The van der Waals surface area contributed by atoms with Gasteiger partial charge in [-0.1, -0.05) is 12.1 Å². The molecular formula is C23H24F5N3O3. The van der Waals surface area contributed by atoms with Crippen LogP contribution in [-0.2, 0) is 22.4 Å². The first kappa shape index (κ1) is 25.4. The number of rotatable bonds is 7. The lowest BCUT2D eigenvalue weighted by atomic mass is 10.0. The van der Waals surface area contributed by atoms with Crippen molar-refractivity contribution in [2.24, 2.45) is 5.73 Å². The van der Waals surface area contributed by atoms with Gasteiger partial charge in [0.15, 0.2) is 0 Å². The third-order valence-corrected chi connectivity index (χ3v) is 5.39. The Balaban J connectivity index is 1.69. The second kappa shape index (κ2) is 10.8. The Kier molecular flexibility index (Phi) is 8.08. The van der Waals surface area contributed by atoms with E-state index in [4.69, 9.17) is 5.73 Å².